The summed E-state index contributed by atoms with van der Waals surface area (Å²) >= 11 is 0. The van der Waals surface area contributed by atoms with E-state index >= 15 is 0 Å². The molecule has 0 bridgehead atoms. The van der Waals surface area contributed by atoms with Crippen LogP contribution in [0.2, 0.25) is 0 Å². The molecule has 19 heavy (non-hydrogen) atoms. The number of nitrogens with two attached hydrogens (primary N) is 2. The summed E-state index contributed by atoms with van der Waals surface area (Å²) in [7, 11) is 0. The van der Waals surface area contributed by atoms with E-state index in [1.165, 1.54) is 11.1 Å². The first-order chi connectivity index (χ1) is 9.26. The summed E-state index contributed by atoms with van der Waals surface area (Å²) in [6.07, 6.45) is 4.28. The number of amides is 1. The van der Waals surface area contributed by atoms with E-state index in [-0.39, 0.29) is 5.91 Å². The lowest BCUT2D eigenvalue weighted by Gasteiger charge is -2.30. The van der Waals surface area contributed by atoms with Crippen LogP contribution >= 0.6 is 0 Å². The summed E-state index contributed by atoms with van der Waals surface area (Å²) in [6, 6.07) is 6.35. The fourth-order valence-corrected chi connectivity index (χ4v) is 2.59. The highest BCUT2D eigenvalue weighted by Crippen LogP contribution is 2.29. The van der Waals surface area contributed by atoms with Gasteiger partial charge >= 0.3 is 0 Å². The number of benzene rings is 1. The van der Waals surface area contributed by atoms with E-state index in [1.807, 2.05) is 4.90 Å². The molecular formula is C15H23N3O. The molecule has 0 aromatic heterocycles. The van der Waals surface area contributed by atoms with Crippen LogP contribution in [0.25, 0.3) is 0 Å². The Morgan fingerprint density at radius 1 is 1.11 bits per heavy atom. The molecule has 0 aliphatic carbocycles. The Morgan fingerprint density at radius 3 is 2.68 bits per heavy atom. The maximum atomic E-state index is 12.0. The van der Waals surface area contributed by atoms with Crippen LogP contribution < -0.4 is 16.4 Å². The summed E-state index contributed by atoms with van der Waals surface area (Å²) in [5.74, 6) is 0.232. The molecule has 1 heterocycles. The number of hydrogen-bond acceptors (Lipinski definition) is 3. The van der Waals surface area contributed by atoms with E-state index < -0.39 is 0 Å². The van der Waals surface area contributed by atoms with Gasteiger partial charge in [0.2, 0.25) is 5.91 Å². The second-order valence-corrected chi connectivity index (χ2v) is 5.04. The van der Waals surface area contributed by atoms with Crippen LogP contribution in [0, 0.1) is 0 Å². The van der Waals surface area contributed by atoms with Gasteiger partial charge in [0.05, 0.1) is 0 Å². The topological polar surface area (TPSA) is 72.3 Å². The van der Waals surface area contributed by atoms with Gasteiger partial charge in [-0.15, -0.1) is 0 Å². The molecule has 0 unspecified atom stereocenters. The van der Waals surface area contributed by atoms with Crippen LogP contribution in [0.1, 0.15) is 30.4 Å². The van der Waals surface area contributed by atoms with Crippen LogP contribution in [-0.4, -0.2) is 25.5 Å². The first-order valence-corrected chi connectivity index (χ1v) is 7.08. The van der Waals surface area contributed by atoms with Crippen LogP contribution in [-0.2, 0) is 17.6 Å². The Balaban J connectivity index is 2.16. The lowest BCUT2D eigenvalue weighted by molar-refractivity contribution is -0.118. The smallest absolute Gasteiger partial charge is 0.227 e. The van der Waals surface area contributed by atoms with Crippen LogP contribution in [0.4, 0.5) is 5.69 Å². The Morgan fingerprint density at radius 2 is 1.95 bits per heavy atom. The summed E-state index contributed by atoms with van der Waals surface area (Å²) < 4.78 is 0. The van der Waals surface area contributed by atoms with Gasteiger partial charge in [-0.25, -0.2) is 0 Å². The maximum Gasteiger partial charge on any atom is 0.227 e. The summed E-state index contributed by atoms with van der Waals surface area (Å²) in [5, 5.41) is 0. The third kappa shape index (κ3) is 3.33. The normalized spacial score (nSPS) is 14.6. The van der Waals surface area contributed by atoms with Gasteiger partial charge in [0.1, 0.15) is 0 Å². The Kier molecular flexibility index (Phi) is 4.93. The van der Waals surface area contributed by atoms with E-state index in [2.05, 4.69) is 18.2 Å². The Bertz CT molecular complexity index is 445. The van der Waals surface area contributed by atoms with Gasteiger partial charge in [-0.05, 0) is 56.0 Å². The van der Waals surface area contributed by atoms with Crippen LogP contribution in [0.5, 0.6) is 0 Å². The van der Waals surface area contributed by atoms with Crippen molar-refractivity contribution in [3.8, 4) is 0 Å². The first-order valence-electron chi connectivity index (χ1n) is 7.08. The van der Waals surface area contributed by atoms with E-state index in [0.717, 1.165) is 37.9 Å². The van der Waals surface area contributed by atoms with Gasteiger partial charge in [-0.1, -0.05) is 12.1 Å². The van der Waals surface area contributed by atoms with E-state index in [4.69, 9.17) is 11.5 Å². The molecule has 0 atom stereocenters. The van der Waals surface area contributed by atoms with Crippen molar-refractivity contribution < 1.29 is 4.79 Å². The zero-order chi connectivity index (χ0) is 13.7. The minimum absolute atomic E-state index is 0.232. The van der Waals surface area contributed by atoms with Gasteiger partial charge in [-0.3, -0.25) is 4.79 Å². The number of anilines is 1. The molecule has 104 valence electrons. The number of hydrogen-bond donors (Lipinski definition) is 2. The fourth-order valence-electron chi connectivity index (χ4n) is 2.59. The van der Waals surface area contributed by atoms with Crippen molar-refractivity contribution in [2.24, 2.45) is 11.5 Å². The number of nitrogens with zero attached hydrogens (tertiary/aromatic N) is 1. The predicted molar refractivity (Wildman–Crippen MR) is 78.2 cm³/mol. The molecule has 4 nitrogen and oxygen atoms in total. The average molecular weight is 261 g/mol. The predicted octanol–water partition coefficient (Wildman–Crippen LogP) is 1.21. The fraction of sp³-hybridized carbons (Fsp3) is 0.533. The Labute approximate surface area is 114 Å². The highest BCUT2D eigenvalue weighted by molar-refractivity contribution is 5.96. The molecule has 4 heteroatoms. The molecule has 1 aromatic carbocycles. The zero-order valence-electron chi connectivity index (χ0n) is 11.4. The second-order valence-electron chi connectivity index (χ2n) is 5.04. The average Bonchev–Trinajstić information content (AvgIpc) is 2.42. The summed E-state index contributed by atoms with van der Waals surface area (Å²) in [4.78, 5) is 14.0. The minimum atomic E-state index is 0.232. The molecule has 2 rings (SSSR count). The van der Waals surface area contributed by atoms with Gasteiger partial charge in [0, 0.05) is 18.7 Å². The lowest BCUT2D eigenvalue weighted by atomic mass is 9.97. The van der Waals surface area contributed by atoms with Crippen molar-refractivity contribution >= 4 is 11.6 Å². The molecule has 1 aromatic rings. The van der Waals surface area contributed by atoms with Crippen molar-refractivity contribution in [2.75, 3.05) is 24.5 Å². The molecule has 0 saturated carbocycles. The standard InChI is InChI=1S/C15H23N3O/c16-8-1-2-10-18-14-5-3-12(7-9-17)11-13(14)4-6-15(18)19/h3,5,11H,1-2,4,6-10,16-17H2. The summed E-state index contributed by atoms with van der Waals surface area (Å²) in [6.45, 7) is 2.13. The number of fused-ring (bicyclic) bond motifs is 1. The molecule has 1 aliphatic heterocycles. The molecule has 1 aliphatic rings. The molecular weight excluding hydrogens is 238 g/mol. The monoisotopic (exact) mass is 261 g/mol. The van der Waals surface area contributed by atoms with E-state index in [1.54, 1.807) is 0 Å². The molecule has 0 radical (unpaired) electrons. The van der Waals surface area contributed by atoms with Gasteiger partial charge in [-0.2, -0.15) is 0 Å². The second kappa shape index (κ2) is 6.68. The zero-order valence-corrected chi connectivity index (χ0v) is 11.4. The lowest BCUT2D eigenvalue weighted by Crippen LogP contribution is -2.36. The van der Waals surface area contributed by atoms with Crippen LogP contribution in [0.3, 0.4) is 0 Å². The van der Waals surface area contributed by atoms with Gasteiger partial charge in [0.15, 0.2) is 0 Å². The largest absolute Gasteiger partial charge is 0.330 e. The minimum Gasteiger partial charge on any atom is -0.330 e. The number of carbonyl (C=O) groups is 1. The highest BCUT2D eigenvalue weighted by Gasteiger charge is 2.23. The van der Waals surface area contributed by atoms with Crippen molar-refractivity contribution in [1.82, 2.24) is 0 Å². The molecule has 4 N–H and O–H groups in total. The number of carbonyl (C=O) groups excluding carboxylic acids is 1. The van der Waals surface area contributed by atoms with Crippen LogP contribution in [0.15, 0.2) is 18.2 Å². The molecule has 1 amide bonds. The first kappa shape index (κ1) is 14.0. The SMILES string of the molecule is NCCCCN1C(=O)CCc2cc(CCN)ccc21. The maximum absolute atomic E-state index is 12.0. The number of aryl methyl sites for hydroxylation is 1. The van der Waals surface area contributed by atoms with Gasteiger partial charge in [0.25, 0.3) is 0 Å². The van der Waals surface area contributed by atoms with E-state index in [9.17, 15) is 4.79 Å². The highest BCUT2D eigenvalue weighted by atomic mass is 16.2. The molecule has 0 saturated heterocycles. The Hall–Kier alpha value is -1.39. The molecule has 0 spiro atoms. The van der Waals surface area contributed by atoms with Crippen molar-refractivity contribution in [2.45, 2.75) is 32.1 Å². The quantitative estimate of drug-likeness (QED) is 0.756. The molecule has 0 fully saturated rings. The third-order valence-corrected chi connectivity index (χ3v) is 3.61. The van der Waals surface area contributed by atoms with E-state index in [0.29, 0.717) is 19.5 Å². The number of unbranched alkanes of at least 4 members (excludes halogenated alkanes) is 1. The van der Waals surface area contributed by atoms with Crippen molar-refractivity contribution in [3.05, 3.63) is 29.3 Å². The van der Waals surface area contributed by atoms with Gasteiger partial charge < -0.3 is 16.4 Å². The summed E-state index contributed by atoms with van der Waals surface area (Å²) in [5.41, 5.74) is 14.7. The van der Waals surface area contributed by atoms with Crippen molar-refractivity contribution in [3.63, 3.8) is 0 Å². The third-order valence-electron chi connectivity index (χ3n) is 3.61. The number of rotatable bonds is 6. The van der Waals surface area contributed by atoms with Crippen molar-refractivity contribution in [1.29, 1.82) is 0 Å².